The molecule has 2 aromatic rings. The Hall–Kier alpha value is -2.34. The predicted octanol–water partition coefficient (Wildman–Crippen LogP) is 2.01. The van der Waals surface area contributed by atoms with Gasteiger partial charge < -0.3 is 14.4 Å². The molecule has 0 radical (unpaired) electrons. The Labute approximate surface area is 129 Å². The normalized spacial score (nSPS) is 14.9. The molecule has 116 valence electrons. The number of anilines is 1. The standard InChI is InChI=1S/C16H19N3O3/c1-11-3-5-12(6-4-11)13-15(19-7-9-22-10-8-19)14(18-17-13)16(20)21-2/h3-6H,7-10H2,1-2H3,(H,17,18). The van der Waals surface area contributed by atoms with E-state index < -0.39 is 5.97 Å². The van der Waals surface area contributed by atoms with Gasteiger partial charge in [0.15, 0.2) is 5.69 Å². The Balaban J connectivity index is 2.07. The molecule has 6 nitrogen and oxygen atoms in total. The lowest BCUT2D eigenvalue weighted by Gasteiger charge is -2.29. The van der Waals surface area contributed by atoms with Crippen LogP contribution in [0.1, 0.15) is 16.1 Å². The first kappa shape index (κ1) is 14.6. The Bertz CT molecular complexity index is 658. The topological polar surface area (TPSA) is 67.5 Å². The van der Waals surface area contributed by atoms with Gasteiger partial charge in [-0.1, -0.05) is 29.8 Å². The molecule has 0 atom stereocenters. The number of hydrogen-bond acceptors (Lipinski definition) is 5. The van der Waals surface area contributed by atoms with Gasteiger partial charge in [0.2, 0.25) is 0 Å². The molecule has 2 heterocycles. The maximum atomic E-state index is 12.0. The quantitative estimate of drug-likeness (QED) is 0.878. The molecule has 1 aromatic heterocycles. The summed E-state index contributed by atoms with van der Waals surface area (Å²) in [5.41, 5.74) is 4.10. The van der Waals surface area contributed by atoms with Gasteiger partial charge in [-0.15, -0.1) is 0 Å². The molecule has 1 N–H and O–H groups in total. The number of esters is 1. The number of nitrogens with one attached hydrogen (secondary N) is 1. The van der Waals surface area contributed by atoms with Crippen LogP contribution in [0.2, 0.25) is 0 Å². The molecule has 0 spiro atoms. The number of ether oxygens (including phenoxy) is 2. The highest BCUT2D eigenvalue weighted by molar-refractivity contribution is 5.98. The van der Waals surface area contributed by atoms with Crippen LogP contribution in [0.4, 0.5) is 5.69 Å². The second-order valence-electron chi connectivity index (χ2n) is 5.25. The number of morpholine rings is 1. The number of carbonyl (C=O) groups excluding carboxylic acids is 1. The van der Waals surface area contributed by atoms with Crippen molar-refractivity contribution in [2.24, 2.45) is 0 Å². The molecule has 0 unspecified atom stereocenters. The van der Waals surface area contributed by atoms with Crippen LogP contribution >= 0.6 is 0 Å². The van der Waals surface area contributed by atoms with Crippen LogP contribution in [0, 0.1) is 6.92 Å². The zero-order chi connectivity index (χ0) is 15.5. The van der Waals surface area contributed by atoms with Crippen LogP contribution in [-0.2, 0) is 9.47 Å². The highest BCUT2D eigenvalue weighted by Crippen LogP contribution is 2.33. The highest BCUT2D eigenvalue weighted by atomic mass is 16.5. The van der Waals surface area contributed by atoms with Crippen molar-refractivity contribution in [1.29, 1.82) is 0 Å². The number of nitrogens with zero attached hydrogens (tertiary/aromatic N) is 2. The molecule has 3 rings (SSSR count). The van der Waals surface area contributed by atoms with Crippen LogP contribution in [0.25, 0.3) is 11.3 Å². The van der Waals surface area contributed by atoms with Gasteiger partial charge in [0.1, 0.15) is 5.69 Å². The van der Waals surface area contributed by atoms with Crippen LogP contribution in [0.15, 0.2) is 24.3 Å². The van der Waals surface area contributed by atoms with Gasteiger partial charge in [-0.3, -0.25) is 5.10 Å². The monoisotopic (exact) mass is 301 g/mol. The summed E-state index contributed by atoms with van der Waals surface area (Å²) in [7, 11) is 1.37. The SMILES string of the molecule is COC(=O)c1[nH]nc(-c2ccc(C)cc2)c1N1CCOCC1. The van der Waals surface area contributed by atoms with Gasteiger partial charge in [-0.05, 0) is 6.92 Å². The van der Waals surface area contributed by atoms with Crippen molar-refractivity contribution in [2.45, 2.75) is 6.92 Å². The number of aryl methyl sites for hydroxylation is 1. The number of hydrogen-bond donors (Lipinski definition) is 1. The third-order valence-corrected chi connectivity index (χ3v) is 3.78. The Morgan fingerprint density at radius 3 is 2.59 bits per heavy atom. The van der Waals surface area contributed by atoms with Gasteiger partial charge in [0.05, 0.1) is 26.0 Å². The molecule has 22 heavy (non-hydrogen) atoms. The van der Waals surface area contributed by atoms with Crippen molar-refractivity contribution in [1.82, 2.24) is 10.2 Å². The molecule has 0 bridgehead atoms. The average Bonchev–Trinajstić information content (AvgIpc) is 3.00. The lowest BCUT2D eigenvalue weighted by Crippen LogP contribution is -2.37. The number of benzene rings is 1. The Morgan fingerprint density at radius 2 is 1.95 bits per heavy atom. The number of aromatic nitrogens is 2. The van der Waals surface area contributed by atoms with Crippen LogP contribution < -0.4 is 4.90 Å². The van der Waals surface area contributed by atoms with Crippen molar-refractivity contribution in [2.75, 3.05) is 38.3 Å². The fourth-order valence-corrected chi connectivity index (χ4v) is 2.59. The summed E-state index contributed by atoms with van der Waals surface area (Å²) in [6.45, 7) is 4.76. The lowest BCUT2D eigenvalue weighted by atomic mass is 10.1. The minimum Gasteiger partial charge on any atom is -0.464 e. The molecular weight excluding hydrogens is 282 g/mol. The molecule has 1 aliphatic rings. The first-order chi connectivity index (χ1) is 10.7. The van der Waals surface area contributed by atoms with Gasteiger partial charge >= 0.3 is 5.97 Å². The predicted molar refractivity (Wildman–Crippen MR) is 83.1 cm³/mol. The summed E-state index contributed by atoms with van der Waals surface area (Å²) in [5, 5.41) is 7.18. The van der Waals surface area contributed by atoms with E-state index in [1.54, 1.807) is 0 Å². The first-order valence-corrected chi connectivity index (χ1v) is 7.27. The fourth-order valence-electron chi connectivity index (χ4n) is 2.59. The lowest BCUT2D eigenvalue weighted by molar-refractivity contribution is 0.0593. The molecule has 1 aliphatic heterocycles. The highest BCUT2D eigenvalue weighted by Gasteiger charge is 2.26. The minimum atomic E-state index is -0.410. The van der Waals surface area contributed by atoms with Crippen molar-refractivity contribution in [3.05, 3.63) is 35.5 Å². The van der Waals surface area contributed by atoms with E-state index in [4.69, 9.17) is 9.47 Å². The number of aromatic amines is 1. The molecule has 0 saturated carbocycles. The van der Waals surface area contributed by atoms with Crippen LogP contribution in [0.5, 0.6) is 0 Å². The molecule has 6 heteroatoms. The largest absolute Gasteiger partial charge is 0.464 e. The van der Waals surface area contributed by atoms with Crippen LogP contribution in [0.3, 0.4) is 0 Å². The first-order valence-electron chi connectivity index (χ1n) is 7.27. The van der Waals surface area contributed by atoms with Gasteiger partial charge in [0.25, 0.3) is 0 Å². The molecule has 1 aromatic carbocycles. The maximum absolute atomic E-state index is 12.0. The third-order valence-electron chi connectivity index (χ3n) is 3.78. The second kappa shape index (κ2) is 6.19. The van der Waals surface area contributed by atoms with E-state index in [2.05, 4.69) is 15.1 Å². The Morgan fingerprint density at radius 1 is 1.27 bits per heavy atom. The number of methoxy groups -OCH3 is 1. The summed E-state index contributed by atoms with van der Waals surface area (Å²) in [4.78, 5) is 14.1. The average molecular weight is 301 g/mol. The van der Waals surface area contributed by atoms with Crippen molar-refractivity contribution < 1.29 is 14.3 Å². The van der Waals surface area contributed by atoms with Crippen molar-refractivity contribution in [3.8, 4) is 11.3 Å². The summed E-state index contributed by atoms with van der Waals surface area (Å²) >= 11 is 0. The maximum Gasteiger partial charge on any atom is 0.358 e. The molecule has 0 amide bonds. The zero-order valence-corrected chi connectivity index (χ0v) is 12.8. The fraction of sp³-hybridized carbons (Fsp3) is 0.375. The van der Waals surface area contributed by atoms with E-state index in [9.17, 15) is 4.79 Å². The summed E-state index contributed by atoms with van der Waals surface area (Å²) in [6.07, 6.45) is 0. The van der Waals surface area contributed by atoms with Gasteiger partial charge in [0, 0.05) is 18.7 Å². The third kappa shape index (κ3) is 2.69. The van der Waals surface area contributed by atoms with E-state index in [0.29, 0.717) is 18.9 Å². The van der Waals surface area contributed by atoms with Crippen molar-refractivity contribution in [3.63, 3.8) is 0 Å². The smallest absolute Gasteiger partial charge is 0.358 e. The van der Waals surface area contributed by atoms with E-state index in [1.165, 1.54) is 12.7 Å². The van der Waals surface area contributed by atoms with E-state index in [1.807, 2.05) is 31.2 Å². The van der Waals surface area contributed by atoms with E-state index in [-0.39, 0.29) is 0 Å². The summed E-state index contributed by atoms with van der Waals surface area (Å²) in [6, 6.07) is 8.09. The molecule has 1 fully saturated rings. The Kier molecular flexibility index (Phi) is 4.11. The van der Waals surface area contributed by atoms with Gasteiger partial charge in [-0.25, -0.2) is 4.79 Å². The second-order valence-corrected chi connectivity index (χ2v) is 5.25. The van der Waals surface area contributed by atoms with E-state index >= 15 is 0 Å². The summed E-state index contributed by atoms with van der Waals surface area (Å²) < 4.78 is 10.3. The van der Waals surface area contributed by atoms with Gasteiger partial charge in [-0.2, -0.15) is 5.10 Å². The number of H-pyrrole nitrogens is 1. The molecule has 0 aliphatic carbocycles. The number of carbonyl (C=O) groups is 1. The van der Waals surface area contributed by atoms with Crippen LogP contribution in [-0.4, -0.2) is 49.6 Å². The number of rotatable bonds is 3. The minimum absolute atomic E-state index is 0.389. The van der Waals surface area contributed by atoms with E-state index in [0.717, 1.165) is 30.0 Å². The van der Waals surface area contributed by atoms with Crippen molar-refractivity contribution >= 4 is 11.7 Å². The molecular formula is C16H19N3O3. The summed E-state index contributed by atoms with van der Waals surface area (Å²) in [5.74, 6) is -0.410. The zero-order valence-electron chi connectivity index (χ0n) is 12.8. The molecule has 1 saturated heterocycles.